The molecule has 3 amide bonds. The minimum absolute atomic E-state index is 0.193. The van der Waals surface area contributed by atoms with Gasteiger partial charge in [-0.25, -0.2) is 0 Å². The monoisotopic (exact) mass is 275 g/mol. The fourth-order valence-corrected chi connectivity index (χ4v) is 1.56. The molecular weight excluding hydrogens is 258 g/mol. The van der Waals surface area contributed by atoms with Gasteiger partial charge in [-0.05, 0) is 30.7 Å². The molecule has 1 rings (SSSR count). The van der Waals surface area contributed by atoms with Crippen molar-refractivity contribution in [3.63, 3.8) is 0 Å². The van der Waals surface area contributed by atoms with Crippen LogP contribution in [0.25, 0.3) is 0 Å². The summed E-state index contributed by atoms with van der Waals surface area (Å²) in [6.07, 6.45) is 1.78. The summed E-state index contributed by atoms with van der Waals surface area (Å²) in [6, 6.07) is 5.51. The molecule has 6 heteroatoms. The predicted molar refractivity (Wildman–Crippen MR) is 76.0 cm³/mol. The lowest BCUT2D eigenvalue weighted by atomic mass is 10.1. The summed E-state index contributed by atoms with van der Waals surface area (Å²) in [6.45, 7) is 4.90. The van der Waals surface area contributed by atoms with Crippen molar-refractivity contribution < 1.29 is 14.4 Å². The summed E-state index contributed by atoms with van der Waals surface area (Å²) in [5, 5.41) is 5.11. The van der Waals surface area contributed by atoms with Gasteiger partial charge in [0.1, 0.15) is 6.04 Å². The highest BCUT2D eigenvalue weighted by atomic mass is 16.2. The molecule has 0 saturated heterocycles. The molecule has 0 spiro atoms. The van der Waals surface area contributed by atoms with Crippen molar-refractivity contribution in [1.29, 1.82) is 0 Å². The Kier molecular flexibility index (Phi) is 5.46. The van der Waals surface area contributed by atoms with Crippen LogP contribution >= 0.6 is 0 Å². The van der Waals surface area contributed by atoms with Crippen molar-refractivity contribution in [3.05, 3.63) is 42.5 Å². The number of carbonyl (C=O) groups is 3. The second-order valence-electron chi connectivity index (χ2n) is 4.21. The number of rotatable bonds is 6. The molecule has 106 valence electrons. The maximum absolute atomic E-state index is 11.9. The third-order valence-electron chi connectivity index (χ3n) is 2.52. The zero-order chi connectivity index (χ0) is 15.1. The Morgan fingerprint density at radius 2 is 1.90 bits per heavy atom. The van der Waals surface area contributed by atoms with Gasteiger partial charge in [0.25, 0.3) is 5.91 Å². The zero-order valence-corrected chi connectivity index (χ0v) is 11.2. The Hall–Kier alpha value is -2.63. The van der Waals surface area contributed by atoms with E-state index in [1.807, 2.05) is 0 Å². The summed E-state index contributed by atoms with van der Waals surface area (Å²) in [5.41, 5.74) is 6.14. The summed E-state index contributed by atoms with van der Waals surface area (Å²) in [7, 11) is 0. The minimum atomic E-state index is -0.782. The Bertz CT molecular complexity index is 523. The van der Waals surface area contributed by atoms with Gasteiger partial charge in [0, 0.05) is 18.2 Å². The van der Waals surface area contributed by atoms with Gasteiger partial charge in [0.2, 0.25) is 11.8 Å². The summed E-state index contributed by atoms with van der Waals surface area (Å²) in [4.78, 5) is 33.9. The largest absolute Gasteiger partial charge is 0.368 e. The first-order valence-electron chi connectivity index (χ1n) is 6.02. The Labute approximate surface area is 117 Å². The molecule has 0 saturated carbocycles. The van der Waals surface area contributed by atoms with Crippen molar-refractivity contribution in [1.82, 2.24) is 5.32 Å². The van der Waals surface area contributed by atoms with Crippen LogP contribution in [0.3, 0.4) is 0 Å². The number of nitrogens with two attached hydrogens (primary N) is 1. The third kappa shape index (κ3) is 4.56. The molecule has 0 aliphatic heterocycles. The second kappa shape index (κ2) is 7.08. The molecule has 0 radical (unpaired) electrons. The Morgan fingerprint density at radius 3 is 2.35 bits per heavy atom. The van der Waals surface area contributed by atoms with Crippen molar-refractivity contribution in [3.8, 4) is 0 Å². The SMILES string of the molecule is C=CC[C@@H](NC(=O)c1ccc(NC(C)=O)cc1)C(N)=O. The van der Waals surface area contributed by atoms with Crippen LogP contribution in [0.2, 0.25) is 0 Å². The Morgan fingerprint density at radius 1 is 1.30 bits per heavy atom. The number of carbonyl (C=O) groups excluding carboxylic acids is 3. The Balaban J connectivity index is 2.74. The summed E-state index contributed by atoms with van der Waals surface area (Å²) >= 11 is 0. The normalized spacial score (nSPS) is 11.2. The lowest BCUT2D eigenvalue weighted by molar-refractivity contribution is -0.119. The highest BCUT2D eigenvalue weighted by molar-refractivity contribution is 5.98. The lowest BCUT2D eigenvalue weighted by Crippen LogP contribution is -2.44. The van der Waals surface area contributed by atoms with Crippen LogP contribution in [0.5, 0.6) is 0 Å². The lowest BCUT2D eigenvalue weighted by Gasteiger charge is -2.13. The van der Waals surface area contributed by atoms with Crippen LogP contribution in [0.4, 0.5) is 5.69 Å². The van der Waals surface area contributed by atoms with E-state index in [1.54, 1.807) is 24.3 Å². The van der Waals surface area contributed by atoms with Crippen LogP contribution in [0.1, 0.15) is 23.7 Å². The first-order chi connectivity index (χ1) is 9.43. The average molecular weight is 275 g/mol. The molecule has 1 atom stereocenters. The van der Waals surface area contributed by atoms with E-state index in [0.29, 0.717) is 11.3 Å². The maximum atomic E-state index is 11.9. The van der Waals surface area contributed by atoms with E-state index in [-0.39, 0.29) is 12.3 Å². The predicted octanol–water partition coefficient (Wildman–Crippen LogP) is 0.805. The fraction of sp³-hybridized carbons (Fsp3) is 0.214. The van der Waals surface area contributed by atoms with Gasteiger partial charge in [-0.15, -0.1) is 6.58 Å². The highest BCUT2D eigenvalue weighted by Crippen LogP contribution is 2.09. The summed E-state index contributed by atoms with van der Waals surface area (Å²) in [5.74, 6) is -1.22. The second-order valence-corrected chi connectivity index (χ2v) is 4.21. The van der Waals surface area contributed by atoms with Crippen LogP contribution in [0, 0.1) is 0 Å². The molecule has 0 unspecified atom stereocenters. The number of anilines is 1. The van der Waals surface area contributed by atoms with Crippen molar-refractivity contribution >= 4 is 23.4 Å². The van der Waals surface area contributed by atoms with Gasteiger partial charge in [0.15, 0.2) is 0 Å². The standard InChI is InChI=1S/C14H17N3O3/c1-3-4-12(13(15)19)17-14(20)10-5-7-11(8-6-10)16-9(2)18/h3,5-8,12H,1,4H2,2H3,(H2,15,19)(H,16,18)(H,17,20)/t12-/m1/s1. The molecule has 1 aromatic carbocycles. The van der Waals surface area contributed by atoms with Crippen LogP contribution in [-0.4, -0.2) is 23.8 Å². The minimum Gasteiger partial charge on any atom is -0.368 e. The number of benzene rings is 1. The first kappa shape index (κ1) is 15.4. The van der Waals surface area contributed by atoms with E-state index >= 15 is 0 Å². The molecule has 0 aromatic heterocycles. The molecule has 0 aliphatic rings. The first-order valence-corrected chi connectivity index (χ1v) is 6.02. The quantitative estimate of drug-likeness (QED) is 0.669. The van der Waals surface area contributed by atoms with E-state index in [1.165, 1.54) is 13.0 Å². The van der Waals surface area contributed by atoms with Crippen molar-refractivity contribution in [2.24, 2.45) is 5.73 Å². The van der Waals surface area contributed by atoms with Gasteiger partial charge in [-0.1, -0.05) is 6.08 Å². The zero-order valence-electron chi connectivity index (χ0n) is 11.2. The maximum Gasteiger partial charge on any atom is 0.251 e. The van der Waals surface area contributed by atoms with E-state index in [2.05, 4.69) is 17.2 Å². The molecule has 0 heterocycles. The molecule has 6 nitrogen and oxygen atoms in total. The van der Waals surface area contributed by atoms with E-state index in [0.717, 1.165) is 0 Å². The van der Waals surface area contributed by atoms with E-state index < -0.39 is 17.9 Å². The highest BCUT2D eigenvalue weighted by Gasteiger charge is 2.17. The molecule has 4 N–H and O–H groups in total. The molecule has 0 aliphatic carbocycles. The van der Waals surface area contributed by atoms with Gasteiger partial charge in [-0.2, -0.15) is 0 Å². The number of nitrogens with one attached hydrogen (secondary N) is 2. The van der Waals surface area contributed by atoms with Gasteiger partial charge < -0.3 is 16.4 Å². The van der Waals surface area contributed by atoms with Crippen LogP contribution in [-0.2, 0) is 9.59 Å². The third-order valence-corrected chi connectivity index (χ3v) is 2.52. The molecule has 20 heavy (non-hydrogen) atoms. The van der Waals surface area contributed by atoms with Crippen LogP contribution < -0.4 is 16.4 Å². The summed E-state index contributed by atoms with van der Waals surface area (Å²) < 4.78 is 0. The van der Waals surface area contributed by atoms with Gasteiger partial charge >= 0.3 is 0 Å². The smallest absolute Gasteiger partial charge is 0.251 e. The molecule has 0 fully saturated rings. The number of primary amides is 1. The molecule has 0 bridgehead atoms. The average Bonchev–Trinajstić information content (AvgIpc) is 2.38. The van der Waals surface area contributed by atoms with E-state index in [9.17, 15) is 14.4 Å². The topological polar surface area (TPSA) is 101 Å². The molecule has 1 aromatic rings. The van der Waals surface area contributed by atoms with Crippen LogP contribution in [0.15, 0.2) is 36.9 Å². The van der Waals surface area contributed by atoms with Crippen molar-refractivity contribution in [2.75, 3.05) is 5.32 Å². The number of amides is 3. The number of hydrogen-bond donors (Lipinski definition) is 3. The van der Waals surface area contributed by atoms with Crippen molar-refractivity contribution in [2.45, 2.75) is 19.4 Å². The van der Waals surface area contributed by atoms with Gasteiger partial charge in [-0.3, -0.25) is 14.4 Å². The number of hydrogen-bond acceptors (Lipinski definition) is 3. The molecular formula is C14H17N3O3. The fourth-order valence-electron chi connectivity index (χ4n) is 1.56. The van der Waals surface area contributed by atoms with Gasteiger partial charge in [0.05, 0.1) is 0 Å². The van der Waals surface area contributed by atoms with E-state index in [4.69, 9.17) is 5.73 Å².